The predicted octanol–water partition coefficient (Wildman–Crippen LogP) is 5.83. The summed E-state index contributed by atoms with van der Waals surface area (Å²) < 4.78 is 0. The van der Waals surface area contributed by atoms with Crippen LogP contribution in [-0.4, -0.2) is 33.0 Å². The molecule has 3 aromatic rings. The van der Waals surface area contributed by atoms with Crippen LogP contribution in [0.2, 0.25) is 5.02 Å². The molecular weight excluding hydrogens is 480 g/mol. The fraction of sp³-hybridized carbons (Fsp3) is 0.185. The van der Waals surface area contributed by atoms with Crippen LogP contribution in [0.25, 0.3) is 0 Å². The van der Waals surface area contributed by atoms with Gasteiger partial charge in [0.1, 0.15) is 5.25 Å². The molecule has 2 amide bonds. The van der Waals surface area contributed by atoms with Crippen molar-refractivity contribution < 1.29 is 9.59 Å². The topological polar surface area (TPSA) is 74.1 Å². The van der Waals surface area contributed by atoms with Crippen molar-refractivity contribution in [3.05, 3.63) is 101 Å². The van der Waals surface area contributed by atoms with Gasteiger partial charge in [-0.1, -0.05) is 78.0 Å². The van der Waals surface area contributed by atoms with Crippen molar-refractivity contribution in [1.29, 1.82) is 0 Å². The van der Waals surface area contributed by atoms with Crippen LogP contribution in [0, 0.1) is 6.92 Å². The summed E-state index contributed by atoms with van der Waals surface area (Å²) in [6.45, 7) is 1.96. The number of halogens is 1. The Labute approximate surface area is 213 Å². The van der Waals surface area contributed by atoms with E-state index in [2.05, 4.69) is 10.3 Å². The minimum atomic E-state index is -0.582. The molecule has 0 saturated carbocycles. The van der Waals surface area contributed by atoms with E-state index in [-0.39, 0.29) is 24.3 Å². The molecular formula is C27H23ClN4O2S. The van der Waals surface area contributed by atoms with Crippen molar-refractivity contribution in [2.45, 2.75) is 31.1 Å². The number of rotatable bonds is 5. The third-order valence-electron chi connectivity index (χ3n) is 5.87. The van der Waals surface area contributed by atoms with E-state index in [1.165, 1.54) is 11.8 Å². The highest BCUT2D eigenvalue weighted by Crippen LogP contribution is 2.38. The van der Waals surface area contributed by atoms with Gasteiger partial charge in [-0.3, -0.25) is 9.59 Å². The number of hydrogen-bond acceptors (Lipinski definition) is 5. The number of hydrazone groups is 1. The second kappa shape index (κ2) is 10.1. The molecule has 0 spiro atoms. The molecule has 35 heavy (non-hydrogen) atoms. The molecule has 8 heteroatoms. The van der Waals surface area contributed by atoms with E-state index >= 15 is 0 Å². The van der Waals surface area contributed by atoms with E-state index in [0.717, 1.165) is 22.4 Å². The van der Waals surface area contributed by atoms with Gasteiger partial charge in [-0.25, -0.2) is 5.01 Å². The van der Waals surface area contributed by atoms with E-state index in [4.69, 9.17) is 16.7 Å². The normalized spacial score (nSPS) is 19.5. The Morgan fingerprint density at radius 1 is 1.09 bits per heavy atom. The quantitative estimate of drug-likeness (QED) is 0.476. The lowest BCUT2D eigenvalue weighted by molar-refractivity contribution is -0.121. The largest absolute Gasteiger partial charge is 0.326 e. The van der Waals surface area contributed by atoms with Gasteiger partial charge in [-0.05, 0) is 47.9 Å². The number of nitrogens with zero attached hydrogens (tertiary/aromatic N) is 3. The summed E-state index contributed by atoms with van der Waals surface area (Å²) in [4.78, 5) is 29.7. The van der Waals surface area contributed by atoms with Crippen molar-refractivity contribution in [2.75, 3.05) is 5.32 Å². The molecule has 0 bridgehead atoms. The van der Waals surface area contributed by atoms with E-state index in [9.17, 15) is 9.59 Å². The van der Waals surface area contributed by atoms with Crippen LogP contribution in [0.5, 0.6) is 0 Å². The number of nitrogens with one attached hydrogen (secondary N) is 1. The number of aliphatic imine (C=N–C) groups is 1. The zero-order valence-corrected chi connectivity index (χ0v) is 20.6. The van der Waals surface area contributed by atoms with Gasteiger partial charge in [0.25, 0.3) is 5.91 Å². The average molecular weight is 503 g/mol. The fourth-order valence-corrected chi connectivity index (χ4v) is 5.33. The molecule has 2 atom stereocenters. The van der Waals surface area contributed by atoms with E-state index in [1.54, 1.807) is 0 Å². The van der Waals surface area contributed by atoms with Gasteiger partial charge in [0.15, 0.2) is 5.17 Å². The van der Waals surface area contributed by atoms with Gasteiger partial charge in [0.05, 0.1) is 11.8 Å². The van der Waals surface area contributed by atoms with Crippen molar-refractivity contribution in [2.24, 2.45) is 10.1 Å². The van der Waals surface area contributed by atoms with Crippen LogP contribution in [0.15, 0.2) is 89.0 Å². The number of amidine groups is 1. The number of carbonyl (C=O) groups is 2. The van der Waals surface area contributed by atoms with Gasteiger partial charge >= 0.3 is 0 Å². The van der Waals surface area contributed by atoms with Gasteiger partial charge in [0.2, 0.25) is 5.91 Å². The third kappa shape index (κ3) is 5.31. The maximum atomic E-state index is 12.7. The first-order valence-electron chi connectivity index (χ1n) is 11.3. The summed E-state index contributed by atoms with van der Waals surface area (Å²) >= 11 is 7.36. The summed E-state index contributed by atoms with van der Waals surface area (Å²) in [7, 11) is 0. The SMILES string of the molecule is Cc1cccc(NC(=O)C[C@H]2SC(N3N=C(c4ccc(Cl)cc4)C[C@H]3c3ccccc3)=NC2=O)c1. The van der Waals surface area contributed by atoms with Crippen LogP contribution in [0.4, 0.5) is 5.69 Å². The maximum absolute atomic E-state index is 12.7. The number of amides is 2. The fourth-order valence-electron chi connectivity index (χ4n) is 4.15. The summed E-state index contributed by atoms with van der Waals surface area (Å²) in [5.41, 5.74) is 4.72. The molecule has 0 unspecified atom stereocenters. The highest BCUT2D eigenvalue weighted by atomic mass is 35.5. The van der Waals surface area contributed by atoms with E-state index < -0.39 is 5.25 Å². The lowest BCUT2D eigenvalue weighted by Gasteiger charge is -2.23. The molecule has 0 saturated heterocycles. The molecule has 3 aromatic carbocycles. The zero-order chi connectivity index (χ0) is 24.4. The molecule has 0 radical (unpaired) electrons. The number of benzene rings is 3. The standard InChI is InChI=1S/C27H23ClN4O2S/c1-17-6-5-9-21(14-17)29-25(33)16-24-26(34)30-27(35-24)32-23(19-7-3-2-4-8-19)15-22(31-32)18-10-12-20(28)13-11-18/h2-14,23-24H,15-16H2,1H3,(H,29,33)/t23-,24+/m0/s1. The third-order valence-corrected chi connectivity index (χ3v) is 7.26. The first-order chi connectivity index (χ1) is 17.0. The molecule has 5 rings (SSSR count). The second-order valence-electron chi connectivity index (χ2n) is 8.49. The molecule has 6 nitrogen and oxygen atoms in total. The molecule has 0 aliphatic carbocycles. The van der Waals surface area contributed by atoms with Gasteiger partial charge in [-0.2, -0.15) is 10.1 Å². The summed E-state index contributed by atoms with van der Waals surface area (Å²) in [6.07, 6.45) is 0.708. The average Bonchev–Trinajstić information content (AvgIpc) is 3.44. The Morgan fingerprint density at radius 3 is 2.60 bits per heavy atom. The zero-order valence-electron chi connectivity index (χ0n) is 19.0. The number of thioether (sulfide) groups is 1. The van der Waals surface area contributed by atoms with Crippen LogP contribution in [0.3, 0.4) is 0 Å². The first-order valence-corrected chi connectivity index (χ1v) is 12.6. The summed E-state index contributed by atoms with van der Waals surface area (Å²) in [5, 5.41) is 10.1. The van der Waals surface area contributed by atoms with Crippen LogP contribution >= 0.6 is 23.4 Å². The minimum absolute atomic E-state index is 0.0437. The van der Waals surface area contributed by atoms with Gasteiger partial charge in [0, 0.05) is 23.6 Å². The molecule has 176 valence electrons. The number of hydrogen-bond donors (Lipinski definition) is 1. The Hall–Kier alpha value is -3.42. The molecule has 2 aliphatic rings. The predicted molar refractivity (Wildman–Crippen MR) is 142 cm³/mol. The first kappa shape index (κ1) is 23.3. The van der Waals surface area contributed by atoms with Crippen LogP contribution in [-0.2, 0) is 9.59 Å². The Bertz CT molecular complexity index is 1320. The lowest BCUT2D eigenvalue weighted by atomic mass is 9.99. The number of carbonyl (C=O) groups excluding carboxylic acids is 2. The Kier molecular flexibility index (Phi) is 6.70. The van der Waals surface area contributed by atoms with Crippen molar-refractivity contribution in [3.8, 4) is 0 Å². The number of anilines is 1. The highest BCUT2D eigenvalue weighted by Gasteiger charge is 2.39. The summed E-state index contributed by atoms with van der Waals surface area (Å²) in [6, 6.07) is 25.1. The molecule has 0 fully saturated rings. The van der Waals surface area contributed by atoms with Gasteiger partial charge in [-0.15, -0.1) is 0 Å². The molecule has 2 aliphatic heterocycles. The lowest BCUT2D eigenvalue weighted by Crippen LogP contribution is -2.25. The van der Waals surface area contributed by atoms with Crippen molar-refractivity contribution in [3.63, 3.8) is 0 Å². The monoisotopic (exact) mass is 502 g/mol. The molecule has 1 N–H and O–H groups in total. The Balaban J connectivity index is 1.34. The van der Waals surface area contributed by atoms with Crippen LogP contribution in [0.1, 0.15) is 35.6 Å². The van der Waals surface area contributed by atoms with E-state index in [0.29, 0.717) is 22.3 Å². The number of aryl methyl sites for hydroxylation is 1. The van der Waals surface area contributed by atoms with E-state index in [1.807, 2.05) is 90.8 Å². The highest BCUT2D eigenvalue weighted by molar-refractivity contribution is 8.15. The summed E-state index contributed by atoms with van der Waals surface area (Å²) in [5.74, 6) is -0.532. The van der Waals surface area contributed by atoms with Crippen LogP contribution < -0.4 is 5.32 Å². The second-order valence-corrected chi connectivity index (χ2v) is 10.1. The minimum Gasteiger partial charge on any atom is -0.326 e. The smallest absolute Gasteiger partial charge is 0.262 e. The molecule has 2 heterocycles. The van der Waals surface area contributed by atoms with Crippen molar-refractivity contribution >= 4 is 51.7 Å². The molecule has 0 aromatic heterocycles. The van der Waals surface area contributed by atoms with Crippen molar-refractivity contribution in [1.82, 2.24) is 5.01 Å². The maximum Gasteiger partial charge on any atom is 0.262 e. The van der Waals surface area contributed by atoms with Gasteiger partial charge < -0.3 is 5.32 Å². The Morgan fingerprint density at radius 2 is 1.86 bits per heavy atom.